The highest BCUT2D eigenvalue weighted by Crippen LogP contribution is 2.49. The number of nitrogens with zero attached hydrogens (tertiary/aromatic N) is 2. The lowest BCUT2D eigenvalue weighted by atomic mass is 10.2. The molecule has 2 rings (SSSR count). The highest BCUT2D eigenvalue weighted by Gasteiger charge is 2.25. The average Bonchev–Trinajstić information content (AvgIpc) is 2.45. The van der Waals surface area contributed by atoms with E-state index in [9.17, 15) is 9.36 Å². The fourth-order valence-electron chi connectivity index (χ4n) is 1.91. The third kappa shape index (κ3) is 3.50. The summed E-state index contributed by atoms with van der Waals surface area (Å²) < 4.78 is 24.2. The lowest BCUT2D eigenvalue weighted by molar-refractivity contribution is 0.225. The summed E-state index contributed by atoms with van der Waals surface area (Å²) >= 11 is 6.16. The van der Waals surface area contributed by atoms with E-state index in [1.165, 1.54) is 23.0 Å². The van der Waals surface area contributed by atoms with E-state index < -0.39 is 7.75 Å². The van der Waals surface area contributed by atoms with Crippen molar-refractivity contribution in [2.45, 2.75) is 13.8 Å². The Labute approximate surface area is 132 Å². The molecule has 2 aromatic rings. The average molecular weight is 346 g/mol. The second kappa shape index (κ2) is 6.79. The van der Waals surface area contributed by atoms with Crippen LogP contribution in [-0.4, -0.2) is 22.8 Å². The maximum Gasteiger partial charge on any atom is 0.432 e. The molecular formula is C13H17ClN3O4P. The van der Waals surface area contributed by atoms with Gasteiger partial charge in [-0.25, -0.2) is 9.55 Å². The molecule has 1 aromatic carbocycles. The minimum atomic E-state index is -3.54. The van der Waals surface area contributed by atoms with Gasteiger partial charge in [0.15, 0.2) is 0 Å². The molecule has 0 bridgehead atoms. The molecule has 1 N–H and O–H groups in total. The SMILES string of the molecule is CCOP(=O)(Nc1cc2c(=O)n(C)cnc2cc1Cl)OCC. The van der Waals surface area contributed by atoms with Gasteiger partial charge in [-0.2, -0.15) is 0 Å². The zero-order chi connectivity index (χ0) is 16.3. The first kappa shape index (κ1) is 17.0. The van der Waals surface area contributed by atoms with Crippen LogP contribution in [0.4, 0.5) is 5.69 Å². The molecule has 0 saturated heterocycles. The Morgan fingerprint density at radius 3 is 2.55 bits per heavy atom. The Kier molecular flexibility index (Phi) is 5.24. The molecule has 0 saturated carbocycles. The first-order valence-electron chi connectivity index (χ1n) is 6.72. The van der Waals surface area contributed by atoms with E-state index in [2.05, 4.69) is 10.1 Å². The van der Waals surface area contributed by atoms with Crippen LogP contribution in [-0.2, 0) is 20.7 Å². The maximum absolute atomic E-state index is 12.5. The lowest BCUT2D eigenvalue weighted by Crippen LogP contribution is -2.17. The number of hydrogen-bond acceptors (Lipinski definition) is 5. The van der Waals surface area contributed by atoms with Crippen molar-refractivity contribution in [2.75, 3.05) is 18.3 Å². The molecule has 0 spiro atoms. The van der Waals surface area contributed by atoms with Gasteiger partial charge in [0.05, 0.1) is 41.2 Å². The van der Waals surface area contributed by atoms with Crippen LogP contribution in [0, 0.1) is 0 Å². The number of halogens is 1. The molecule has 0 aliphatic carbocycles. The zero-order valence-electron chi connectivity index (χ0n) is 12.5. The van der Waals surface area contributed by atoms with E-state index >= 15 is 0 Å². The molecule has 1 heterocycles. The number of benzene rings is 1. The van der Waals surface area contributed by atoms with Gasteiger partial charge in [-0.05, 0) is 26.0 Å². The fraction of sp³-hybridized carbons (Fsp3) is 0.385. The van der Waals surface area contributed by atoms with Gasteiger partial charge >= 0.3 is 7.75 Å². The van der Waals surface area contributed by atoms with Crippen LogP contribution in [0.5, 0.6) is 0 Å². The Hall–Kier alpha value is -1.40. The summed E-state index contributed by atoms with van der Waals surface area (Å²) in [7, 11) is -1.94. The van der Waals surface area contributed by atoms with Crippen molar-refractivity contribution in [3.8, 4) is 0 Å². The van der Waals surface area contributed by atoms with Crippen molar-refractivity contribution in [2.24, 2.45) is 7.05 Å². The predicted molar refractivity (Wildman–Crippen MR) is 86.5 cm³/mol. The van der Waals surface area contributed by atoms with Crippen LogP contribution in [0.15, 0.2) is 23.3 Å². The maximum atomic E-state index is 12.5. The number of fused-ring (bicyclic) bond motifs is 1. The van der Waals surface area contributed by atoms with E-state index in [1.54, 1.807) is 20.9 Å². The quantitative estimate of drug-likeness (QED) is 0.810. The van der Waals surface area contributed by atoms with Crippen LogP contribution < -0.4 is 10.6 Å². The van der Waals surface area contributed by atoms with Gasteiger partial charge in [-0.15, -0.1) is 0 Å². The Bertz CT molecular complexity index is 783. The molecule has 0 aliphatic rings. The van der Waals surface area contributed by atoms with Gasteiger partial charge < -0.3 is 4.57 Å². The third-order valence-corrected chi connectivity index (χ3v) is 4.89. The summed E-state index contributed by atoms with van der Waals surface area (Å²) in [6, 6.07) is 3.03. The van der Waals surface area contributed by atoms with Gasteiger partial charge in [0.1, 0.15) is 0 Å². The summed E-state index contributed by atoms with van der Waals surface area (Å²) in [5.41, 5.74) is 0.526. The minimum absolute atomic E-state index is 0.207. The number of aryl methyl sites for hydroxylation is 1. The molecular weight excluding hydrogens is 329 g/mol. The van der Waals surface area contributed by atoms with E-state index in [0.29, 0.717) is 16.6 Å². The van der Waals surface area contributed by atoms with E-state index in [-0.39, 0.29) is 23.8 Å². The first-order chi connectivity index (χ1) is 10.4. The number of hydrogen-bond donors (Lipinski definition) is 1. The van der Waals surface area contributed by atoms with Crippen molar-refractivity contribution >= 4 is 35.9 Å². The van der Waals surface area contributed by atoms with Crippen molar-refractivity contribution in [3.05, 3.63) is 33.8 Å². The van der Waals surface area contributed by atoms with Crippen LogP contribution in [0.1, 0.15) is 13.8 Å². The summed E-state index contributed by atoms with van der Waals surface area (Å²) in [4.78, 5) is 16.3. The summed E-state index contributed by atoms with van der Waals surface area (Å²) in [5.74, 6) is 0. The van der Waals surface area contributed by atoms with Gasteiger partial charge in [0.2, 0.25) is 0 Å². The molecule has 0 atom stereocenters. The zero-order valence-corrected chi connectivity index (χ0v) is 14.1. The topological polar surface area (TPSA) is 82.5 Å². The smallest absolute Gasteiger partial charge is 0.302 e. The number of rotatable bonds is 6. The van der Waals surface area contributed by atoms with Crippen molar-refractivity contribution < 1.29 is 13.6 Å². The second-order valence-electron chi connectivity index (χ2n) is 4.45. The number of nitrogens with one attached hydrogen (secondary N) is 1. The lowest BCUT2D eigenvalue weighted by Gasteiger charge is -2.19. The fourth-order valence-corrected chi connectivity index (χ4v) is 3.54. The standard InChI is InChI=1S/C13H17ClN3O4P/c1-4-20-22(19,21-5-2)16-12-6-9-11(7-10(12)14)15-8-17(3)13(9)18/h6-8H,4-5H2,1-3H3,(H,16,19). The molecule has 0 aliphatic heterocycles. The summed E-state index contributed by atoms with van der Waals surface area (Å²) in [6.45, 7) is 3.82. The molecule has 22 heavy (non-hydrogen) atoms. The van der Waals surface area contributed by atoms with Crippen LogP contribution >= 0.6 is 19.3 Å². The van der Waals surface area contributed by atoms with Gasteiger partial charge in [-0.3, -0.25) is 18.9 Å². The van der Waals surface area contributed by atoms with Crippen molar-refractivity contribution in [1.82, 2.24) is 9.55 Å². The Morgan fingerprint density at radius 1 is 1.32 bits per heavy atom. The monoisotopic (exact) mass is 345 g/mol. The van der Waals surface area contributed by atoms with Gasteiger partial charge in [0.25, 0.3) is 5.56 Å². The van der Waals surface area contributed by atoms with Crippen molar-refractivity contribution in [1.29, 1.82) is 0 Å². The van der Waals surface area contributed by atoms with Gasteiger partial charge in [-0.1, -0.05) is 11.6 Å². The normalized spacial score (nSPS) is 11.8. The van der Waals surface area contributed by atoms with Gasteiger partial charge in [0, 0.05) is 7.05 Å². The molecule has 0 amide bonds. The summed E-state index contributed by atoms with van der Waals surface area (Å²) in [5, 5.41) is 3.30. The summed E-state index contributed by atoms with van der Waals surface area (Å²) in [6.07, 6.45) is 1.42. The molecule has 9 heteroatoms. The number of aromatic nitrogens is 2. The molecule has 0 radical (unpaired) electrons. The Morgan fingerprint density at radius 2 is 1.95 bits per heavy atom. The molecule has 0 fully saturated rings. The highest BCUT2D eigenvalue weighted by molar-refractivity contribution is 7.55. The molecule has 7 nitrogen and oxygen atoms in total. The van der Waals surface area contributed by atoms with Crippen LogP contribution in [0.25, 0.3) is 10.9 Å². The highest BCUT2D eigenvalue weighted by atomic mass is 35.5. The second-order valence-corrected chi connectivity index (χ2v) is 6.60. The molecule has 0 unspecified atom stereocenters. The van der Waals surface area contributed by atoms with E-state index in [0.717, 1.165) is 0 Å². The first-order valence-corrected chi connectivity index (χ1v) is 8.64. The minimum Gasteiger partial charge on any atom is -0.302 e. The van der Waals surface area contributed by atoms with Crippen LogP contribution in [0.2, 0.25) is 5.02 Å². The predicted octanol–water partition coefficient (Wildman–Crippen LogP) is 3.18. The largest absolute Gasteiger partial charge is 0.432 e. The Balaban J connectivity index is 2.51. The van der Waals surface area contributed by atoms with E-state index in [1.807, 2.05) is 0 Å². The molecule has 120 valence electrons. The van der Waals surface area contributed by atoms with Crippen molar-refractivity contribution in [3.63, 3.8) is 0 Å². The van der Waals surface area contributed by atoms with Crippen LogP contribution in [0.3, 0.4) is 0 Å². The third-order valence-electron chi connectivity index (χ3n) is 2.86. The van der Waals surface area contributed by atoms with E-state index in [4.69, 9.17) is 20.6 Å². The molecule has 1 aromatic heterocycles. The number of anilines is 1.